The number of amides is 1. The van der Waals surface area contributed by atoms with Crippen LogP contribution in [-0.2, 0) is 17.8 Å². The van der Waals surface area contributed by atoms with E-state index in [2.05, 4.69) is 27.0 Å². The fraction of sp³-hybridized carbons (Fsp3) is 0.522. The Morgan fingerprint density at radius 1 is 1.15 bits per heavy atom. The summed E-state index contributed by atoms with van der Waals surface area (Å²) in [6.45, 7) is 8.88. The molecule has 1 saturated heterocycles. The standard InChI is InChI=1S/C23H35N7O3/c1-23(2,3)33-22(31)28(4)30(20-18(24)19(25)26-21(27-20)32-5)15-17-10-8-9-16(13-17)14-29-11-6-7-12-29/h8-10,13H,6-7,11-12,14-15,24H2,1-5H3,(H2,25,26,27). The van der Waals surface area contributed by atoms with E-state index in [1.807, 2.05) is 32.9 Å². The summed E-state index contributed by atoms with van der Waals surface area (Å²) >= 11 is 0. The lowest BCUT2D eigenvalue weighted by Crippen LogP contribution is -2.46. The Labute approximate surface area is 195 Å². The van der Waals surface area contributed by atoms with Gasteiger partial charge in [-0.1, -0.05) is 24.3 Å². The van der Waals surface area contributed by atoms with Gasteiger partial charge < -0.3 is 20.9 Å². The Kier molecular flexibility index (Phi) is 7.47. The summed E-state index contributed by atoms with van der Waals surface area (Å²) in [5, 5.41) is 2.97. The van der Waals surface area contributed by atoms with Gasteiger partial charge in [0.25, 0.3) is 0 Å². The van der Waals surface area contributed by atoms with Crippen LogP contribution in [-0.4, -0.2) is 58.8 Å². The van der Waals surface area contributed by atoms with Crippen LogP contribution in [0.1, 0.15) is 44.7 Å². The first kappa shape index (κ1) is 24.4. The first-order valence-electron chi connectivity index (χ1n) is 11.1. The molecule has 4 N–H and O–H groups in total. The third-order valence-corrected chi connectivity index (χ3v) is 5.31. The van der Waals surface area contributed by atoms with Gasteiger partial charge in [-0.15, -0.1) is 0 Å². The average Bonchev–Trinajstić information content (AvgIpc) is 3.25. The van der Waals surface area contributed by atoms with E-state index < -0.39 is 11.7 Å². The second-order valence-electron chi connectivity index (χ2n) is 9.20. The fourth-order valence-electron chi connectivity index (χ4n) is 3.69. The molecule has 180 valence electrons. The third kappa shape index (κ3) is 6.38. The van der Waals surface area contributed by atoms with Crippen molar-refractivity contribution in [2.24, 2.45) is 0 Å². The SMILES string of the molecule is COc1nc(N)c(N)c(N(Cc2cccc(CN3CCCC3)c2)N(C)C(=O)OC(C)(C)C)n1. The Hall–Kier alpha value is -3.27. The number of methoxy groups -OCH3 is 1. The van der Waals surface area contributed by atoms with Gasteiger partial charge in [0.15, 0.2) is 11.6 Å². The van der Waals surface area contributed by atoms with Crippen molar-refractivity contribution >= 4 is 23.4 Å². The number of aromatic nitrogens is 2. The van der Waals surface area contributed by atoms with Crippen molar-refractivity contribution in [3.63, 3.8) is 0 Å². The Morgan fingerprint density at radius 3 is 2.45 bits per heavy atom. The van der Waals surface area contributed by atoms with Gasteiger partial charge in [0.2, 0.25) is 0 Å². The third-order valence-electron chi connectivity index (χ3n) is 5.31. The maximum absolute atomic E-state index is 12.9. The molecule has 0 spiro atoms. The van der Waals surface area contributed by atoms with Gasteiger partial charge in [0, 0.05) is 13.6 Å². The molecule has 3 rings (SSSR count). The summed E-state index contributed by atoms with van der Waals surface area (Å²) in [6.07, 6.45) is 1.93. The largest absolute Gasteiger partial charge is 0.467 e. The quantitative estimate of drug-likeness (QED) is 0.604. The van der Waals surface area contributed by atoms with E-state index in [1.165, 1.54) is 30.5 Å². The van der Waals surface area contributed by atoms with E-state index >= 15 is 0 Å². The van der Waals surface area contributed by atoms with Crippen LogP contribution >= 0.6 is 0 Å². The van der Waals surface area contributed by atoms with Crippen LogP contribution in [0.5, 0.6) is 6.01 Å². The van der Waals surface area contributed by atoms with Gasteiger partial charge in [0.1, 0.15) is 11.3 Å². The molecule has 0 unspecified atom stereocenters. The molecular weight excluding hydrogens is 422 g/mol. The predicted octanol–water partition coefficient (Wildman–Crippen LogP) is 3.03. The molecule has 1 aliphatic rings. The minimum atomic E-state index is -0.666. The average molecular weight is 458 g/mol. The van der Waals surface area contributed by atoms with Crippen molar-refractivity contribution in [1.82, 2.24) is 19.9 Å². The Bertz CT molecular complexity index is 971. The molecule has 1 aromatic carbocycles. The Morgan fingerprint density at radius 2 is 1.82 bits per heavy atom. The molecule has 0 saturated carbocycles. The number of benzene rings is 1. The number of nitrogen functional groups attached to an aromatic ring is 2. The number of nitrogens with two attached hydrogens (primary N) is 2. The summed E-state index contributed by atoms with van der Waals surface area (Å²) in [4.78, 5) is 23.8. The van der Waals surface area contributed by atoms with Crippen LogP contribution in [0.3, 0.4) is 0 Å². The Balaban J connectivity index is 1.94. The number of rotatable bonds is 7. The van der Waals surface area contributed by atoms with Crippen LogP contribution in [0, 0.1) is 0 Å². The summed E-state index contributed by atoms with van der Waals surface area (Å²) in [5.74, 6) is 0.333. The fourth-order valence-corrected chi connectivity index (χ4v) is 3.69. The molecule has 0 aliphatic carbocycles. The van der Waals surface area contributed by atoms with Crippen molar-refractivity contribution in [3.05, 3.63) is 35.4 Å². The first-order valence-corrected chi connectivity index (χ1v) is 11.1. The normalized spacial score (nSPS) is 14.2. The molecule has 2 aromatic rings. The van der Waals surface area contributed by atoms with Gasteiger partial charge in [0.05, 0.1) is 13.7 Å². The summed E-state index contributed by atoms with van der Waals surface area (Å²) < 4.78 is 10.8. The highest BCUT2D eigenvalue weighted by atomic mass is 16.6. The molecule has 10 heteroatoms. The van der Waals surface area contributed by atoms with Crippen LogP contribution in [0.4, 0.5) is 22.1 Å². The lowest BCUT2D eigenvalue weighted by atomic mass is 10.1. The molecule has 0 radical (unpaired) electrons. The monoisotopic (exact) mass is 457 g/mol. The minimum Gasteiger partial charge on any atom is -0.467 e. The van der Waals surface area contributed by atoms with Gasteiger partial charge in [-0.2, -0.15) is 9.97 Å². The predicted molar refractivity (Wildman–Crippen MR) is 129 cm³/mol. The number of hydrogen-bond acceptors (Lipinski definition) is 9. The number of likely N-dealkylation sites (tertiary alicyclic amines) is 1. The zero-order chi connectivity index (χ0) is 24.2. The molecular formula is C23H35N7O3. The summed E-state index contributed by atoms with van der Waals surface area (Å²) in [7, 11) is 3.05. The second kappa shape index (κ2) is 10.1. The van der Waals surface area contributed by atoms with E-state index in [4.69, 9.17) is 20.9 Å². The van der Waals surface area contributed by atoms with Crippen LogP contribution in [0.15, 0.2) is 24.3 Å². The van der Waals surface area contributed by atoms with Crippen LogP contribution in [0.2, 0.25) is 0 Å². The molecule has 2 heterocycles. The number of carbonyl (C=O) groups excluding carboxylic acids is 1. The molecule has 1 aromatic heterocycles. The lowest BCUT2D eigenvalue weighted by molar-refractivity contribution is 0.0272. The minimum absolute atomic E-state index is 0.0575. The lowest BCUT2D eigenvalue weighted by Gasteiger charge is -2.35. The van der Waals surface area contributed by atoms with E-state index in [-0.39, 0.29) is 23.3 Å². The number of anilines is 3. The van der Waals surface area contributed by atoms with E-state index in [1.54, 1.807) is 12.1 Å². The molecule has 33 heavy (non-hydrogen) atoms. The second-order valence-corrected chi connectivity index (χ2v) is 9.20. The van der Waals surface area contributed by atoms with Gasteiger partial charge in [-0.05, 0) is 57.8 Å². The highest BCUT2D eigenvalue weighted by Gasteiger charge is 2.28. The first-order chi connectivity index (χ1) is 15.6. The van der Waals surface area contributed by atoms with Crippen molar-refractivity contribution < 1.29 is 14.3 Å². The smallest absolute Gasteiger partial charge is 0.429 e. The van der Waals surface area contributed by atoms with Crippen LogP contribution in [0.25, 0.3) is 0 Å². The number of carbonyl (C=O) groups is 1. The molecule has 0 atom stereocenters. The molecule has 1 aliphatic heterocycles. The maximum atomic E-state index is 12.9. The highest BCUT2D eigenvalue weighted by Crippen LogP contribution is 2.30. The van der Waals surface area contributed by atoms with Gasteiger partial charge >= 0.3 is 12.1 Å². The van der Waals surface area contributed by atoms with E-state index in [9.17, 15) is 4.79 Å². The van der Waals surface area contributed by atoms with Gasteiger partial charge in [-0.25, -0.2) is 9.80 Å². The number of hydrazine groups is 1. The summed E-state index contributed by atoms with van der Waals surface area (Å²) in [5.41, 5.74) is 13.9. The number of nitrogens with zero attached hydrogens (tertiary/aromatic N) is 5. The van der Waals surface area contributed by atoms with E-state index in [0.29, 0.717) is 6.54 Å². The number of hydrogen-bond donors (Lipinski definition) is 2. The molecule has 1 fully saturated rings. The zero-order valence-electron chi connectivity index (χ0n) is 20.2. The summed E-state index contributed by atoms with van der Waals surface area (Å²) in [6, 6.07) is 8.32. The maximum Gasteiger partial charge on any atom is 0.429 e. The van der Waals surface area contributed by atoms with E-state index in [0.717, 1.165) is 25.2 Å². The topological polar surface area (TPSA) is 123 Å². The number of ether oxygens (including phenoxy) is 2. The van der Waals surface area contributed by atoms with Crippen molar-refractivity contribution in [2.45, 2.75) is 52.3 Å². The van der Waals surface area contributed by atoms with Crippen LogP contribution < -0.4 is 21.2 Å². The van der Waals surface area contributed by atoms with Crippen molar-refractivity contribution in [1.29, 1.82) is 0 Å². The van der Waals surface area contributed by atoms with Crippen molar-refractivity contribution in [2.75, 3.05) is 43.7 Å². The zero-order valence-corrected chi connectivity index (χ0v) is 20.2. The molecule has 1 amide bonds. The highest BCUT2D eigenvalue weighted by molar-refractivity contribution is 5.77. The van der Waals surface area contributed by atoms with Crippen molar-refractivity contribution in [3.8, 4) is 6.01 Å². The molecule has 10 nitrogen and oxygen atoms in total. The molecule has 0 bridgehead atoms. The van der Waals surface area contributed by atoms with Gasteiger partial charge in [-0.3, -0.25) is 9.91 Å².